The molecule has 0 radical (unpaired) electrons. The predicted octanol–water partition coefficient (Wildman–Crippen LogP) is 2.91. The number of nitrogens with two attached hydrogens (primary N) is 1. The Bertz CT molecular complexity index is 951. The zero-order valence-corrected chi connectivity index (χ0v) is 13.4. The third-order valence-corrected chi connectivity index (χ3v) is 5.22. The van der Waals surface area contributed by atoms with Crippen molar-refractivity contribution in [2.45, 2.75) is 31.7 Å². The van der Waals surface area contributed by atoms with E-state index in [-0.39, 0.29) is 6.04 Å². The van der Waals surface area contributed by atoms with Crippen LogP contribution < -0.4 is 5.73 Å². The van der Waals surface area contributed by atoms with Crippen LogP contribution in [0.3, 0.4) is 0 Å². The summed E-state index contributed by atoms with van der Waals surface area (Å²) in [6, 6.07) is 3.95. The molecule has 0 unspecified atom stereocenters. The lowest BCUT2D eigenvalue weighted by Crippen LogP contribution is -2.17. The van der Waals surface area contributed by atoms with Gasteiger partial charge in [-0.2, -0.15) is 0 Å². The van der Waals surface area contributed by atoms with Crippen LogP contribution in [0.25, 0.3) is 11.2 Å². The van der Waals surface area contributed by atoms with Crippen LogP contribution in [-0.4, -0.2) is 19.4 Å². The Kier molecular flexibility index (Phi) is 3.03. The van der Waals surface area contributed by atoms with Gasteiger partial charge in [-0.25, -0.2) is 15.0 Å². The van der Waals surface area contributed by atoms with Gasteiger partial charge in [0.15, 0.2) is 0 Å². The molecule has 5 rings (SSSR count). The molecule has 1 fully saturated rings. The number of nitrogens with zero attached hydrogens (tertiary/aromatic N) is 4. The Labute approximate surface area is 140 Å². The quantitative estimate of drug-likeness (QED) is 0.806. The molecule has 0 amide bonds. The SMILES string of the molecule is N[C@H]1C=C(c2ccc3nccn3c2)c2cnc(CC3CCC3)nc21. The van der Waals surface area contributed by atoms with E-state index in [2.05, 4.69) is 28.3 Å². The van der Waals surface area contributed by atoms with E-state index in [0.29, 0.717) is 0 Å². The Morgan fingerprint density at radius 3 is 2.96 bits per heavy atom. The number of fused-ring (bicyclic) bond motifs is 2. The topological polar surface area (TPSA) is 69.1 Å². The van der Waals surface area contributed by atoms with Crippen LogP contribution >= 0.6 is 0 Å². The van der Waals surface area contributed by atoms with Crippen LogP contribution in [-0.2, 0) is 6.42 Å². The third kappa shape index (κ3) is 2.16. The van der Waals surface area contributed by atoms with Gasteiger partial charge in [0, 0.05) is 36.8 Å². The van der Waals surface area contributed by atoms with Crippen molar-refractivity contribution in [3.05, 3.63) is 65.6 Å². The van der Waals surface area contributed by atoms with Crippen molar-refractivity contribution in [1.82, 2.24) is 19.4 Å². The van der Waals surface area contributed by atoms with Gasteiger partial charge >= 0.3 is 0 Å². The lowest BCUT2D eigenvalue weighted by molar-refractivity contribution is 0.309. The molecule has 24 heavy (non-hydrogen) atoms. The zero-order valence-electron chi connectivity index (χ0n) is 13.4. The first-order valence-electron chi connectivity index (χ1n) is 8.54. The van der Waals surface area contributed by atoms with Gasteiger partial charge in [-0.05, 0) is 29.2 Å². The highest BCUT2D eigenvalue weighted by atomic mass is 15.0. The molecular formula is C19H19N5. The minimum Gasteiger partial charge on any atom is -0.319 e. The molecule has 3 aromatic rings. The maximum Gasteiger partial charge on any atom is 0.136 e. The average Bonchev–Trinajstić information content (AvgIpc) is 3.15. The standard InChI is InChI=1S/C19H19N5/c20-16-9-14(13-4-5-18-21-6-7-24(18)11-13)15-10-22-17(23-19(15)16)8-12-2-1-3-12/h4-7,9-12,16H,1-3,8,20H2/t16-/m0/s1. The van der Waals surface area contributed by atoms with Crippen molar-refractivity contribution in [3.63, 3.8) is 0 Å². The van der Waals surface area contributed by atoms with Gasteiger partial charge in [-0.15, -0.1) is 0 Å². The van der Waals surface area contributed by atoms with E-state index in [4.69, 9.17) is 10.7 Å². The van der Waals surface area contributed by atoms with Crippen molar-refractivity contribution in [1.29, 1.82) is 0 Å². The highest BCUT2D eigenvalue weighted by Gasteiger charge is 2.26. The van der Waals surface area contributed by atoms with Crippen molar-refractivity contribution >= 4 is 11.2 Å². The number of hydrogen-bond acceptors (Lipinski definition) is 4. The second-order valence-electron chi connectivity index (χ2n) is 6.80. The first kappa shape index (κ1) is 13.9. The van der Waals surface area contributed by atoms with Gasteiger partial charge in [0.25, 0.3) is 0 Å². The smallest absolute Gasteiger partial charge is 0.136 e. The summed E-state index contributed by atoms with van der Waals surface area (Å²) in [6.07, 6.45) is 14.8. The first-order valence-corrected chi connectivity index (χ1v) is 8.54. The molecule has 3 aromatic heterocycles. The summed E-state index contributed by atoms with van der Waals surface area (Å²) in [6.45, 7) is 0. The number of pyridine rings is 1. The Morgan fingerprint density at radius 2 is 2.12 bits per heavy atom. The number of aromatic nitrogens is 4. The molecule has 1 saturated carbocycles. The molecule has 2 aliphatic rings. The third-order valence-electron chi connectivity index (χ3n) is 5.22. The molecule has 120 valence electrons. The molecule has 2 aliphatic carbocycles. The van der Waals surface area contributed by atoms with Crippen LogP contribution in [0.15, 0.2) is 43.0 Å². The Balaban J connectivity index is 1.52. The summed E-state index contributed by atoms with van der Waals surface area (Å²) in [7, 11) is 0. The van der Waals surface area contributed by atoms with Crippen LogP contribution in [0.5, 0.6) is 0 Å². The van der Waals surface area contributed by atoms with E-state index in [1.807, 2.05) is 22.9 Å². The molecule has 5 heteroatoms. The highest BCUT2D eigenvalue weighted by Crippen LogP contribution is 2.36. The molecule has 3 heterocycles. The zero-order chi connectivity index (χ0) is 16.1. The summed E-state index contributed by atoms with van der Waals surface area (Å²) in [5, 5.41) is 0. The van der Waals surface area contributed by atoms with Crippen LogP contribution in [0.4, 0.5) is 0 Å². The van der Waals surface area contributed by atoms with E-state index < -0.39 is 0 Å². The predicted molar refractivity (Wildman–Crippen MR) is 92.3 cm³/mol. The van der Waals surface area contributed by atoms with E-state index in [1.54, 1.807) is 6.20 Å². The Morgan fingerprint density at radius 1 is 1.21 bits per heavy atom. The number of rotatable bonds is 3. The molecule has 2 N–H and O–H groups in total. The van der Waals surface area contributed by atoms with Gasteiger partial charge in [0.05, 0.1) is 11.7 Å². The molecule has 0 saturated heterocycles. The normalized spacial score (nSPS) is 20.0. The lowest BCUT2D eigenvalue weighted by atomic mass is 9.83. The molecular weight excluding hydrogens is 298 g/mol. The van der Waals surface area contributed by atoms with E-state index >= 15 is 0 Å². The molecule has 0 bridgehead atoms. The minimum atomic E-state index is -0.156. The number of hydrogen-bond donors (Lipinski definition) is 1. The first-order chi connectivity index (χ1) is 11.8. The minimum absolute atomic E-state index is 0.156. The van der Waals surface area contributed by atoms with Gasteiger partial charge in [-0.3, -0.25) is 0 Å². The summed E-state index contributed by atoms with van der Waals surface area (Å²) in [5.74, 6) is 1.70. The van der Waals surface area contributed by atoms with Crippen molar-refractivity contribution < 1.29 is 0 Å². The van der Waals surface area contributed by atoms with E-state index in [0.717, 1.165) is 46.2 Å². The van der Waals surface area contributed by atoms with Crippen molar-refractivity contribution in [2.75, 3.05) is 0 Å². The molecule has 1 atom stereocenters. The van der Waals surface area contributed by atoms with E-state index in [1.165, 1.54) is 19.3 Å². The fourth-order valence-electron chi connectivity index (χ4n) is 3.63. The van der Waals surface area contributed by atoms with E-state index in [9.17, 15) is 0 Å². The fraction of sp³-hybridized carbons (Fsp3) is 0.316. The maximum atomic E-state index is 6.33. The Hall–Kier alpha value is -2.53. The molecule has 5 nitrogen and oxygen atoms in total. The fourth-order valence-corrected chi connectivity index (χ4v) is 3.63. The second kappa shape index (κ2) is 5.24. The highest BCUT2D eigenvalue weighted by molar-refractivity contribution is 5.84. The monoisotopic (exact) mass is 317 g/mol. The summed E-state index contributed by atoms with van der Waals surface area (Å²) >= 11 is 0. The van der Waals surface area contributed by atoms with Crippen LogP contribution in [0.1, 0.15) is 47.9 Å². The lowest BCUT2D eigenvalue weighted by Gasteiger charge is -2.24. The van der Waals surface area contributed by atoms with Gasteiger partial charge in [0.1, 0.15) is 11.5 Å². The van der Waals surface area contributed by atoms with Crippen LogP contribution in [0, 0.1) is 5.92 Å². The summed E-state index contributed by atoms with van der Waals surface area (Å²) in [5.41, 5.74) is 11.5. The van der Waals surface area contributed by atoms with Crippen LogP contribution in [0.2, 0.25) is 0 Å². The number of imidazole rings is 1. The summed E-state index contributed by atoms with van der Waals surface area (Å²) in [4.78, 5) is 13.7. The molecule has 0 aromatic carbocycles. The van der Waals surface area contributed by atoms with Gasteiger partial charge in [0.2, 0.25) is 0 Å². The second-order valence-corrected chi connectivity index (χ2v) is 6.80. The molecule has 0 spiro atoms. The molecule has 0 aliphatic heterocycles. The summed E-state index contributed by atoms with van der Waals surface area (Å²) < 4.78 is 2.02. The van der Waals surface area contributed by atoms with Crippen molar-refractivity contribution in [2.24, 2.45) is 11.7 Å². The largest absolute Gasteiger partial charge is 0.319 e. The van der Waals surface area contributed by atoms with Gasteiger partial charge in [-0.1, -0.05) is 25.3 Å². The van der Waals surface area contributed by atoms with Crippen molar-refractivity contribution in [3.8, 4) is 0 Å². The average molecular weight is 317 g/mol. The van der Waals surface area contributed by atoms with Gasteiger partial charge < -0.3 is 10.1 Å². The maximum absolute atomic E-state index is 6.33.